The van der Waals surface area contributed by atoms with Crippen LogP contribution in [0, 0.1) is 29.6 Å². The van der Waals surface area contributed by atoms with Crippen molar-refractivity contribution in [3.8, 4) is 23.6 Å². The number of amides is 1. The lowest BCUT2D eigenvalue weighted by Crippen LogP contribution is -2.13. The van der Waals surface area contributed by atoms with Gasteiger partial charge < -0.3 is 14.8 Å². The number of hydrogen-bond donors (Lipinski definition) is 1. The number of methoxy groups -OCH3 is 1. The molecule has 2 aromatic carbocycles. The summed E-state index contributed by atoms with van der Waals surface area (Å²) in [6.45, 7) is 6.26. The SMILES string of the molecule is C=CCc1cc(/C=C(\C#N)C(=O)Nc2sc3c(c2C#N)CCCC3)cc(OC)c1OCc1ccc(C)cc1. The third kappa shape index (κ3) is 5.96. The lowest BCUT2D eigenvalue weighted by Gasteiger charge is -2.16. The molecule has 3 aromatic rings. The van der Waals surface area contributed by atoms with Gasteiger partial charge in [0, 0.05) is 10.4 Å². The number of benzene rings is 2. The fraction of sp³-hybridized carbons (Fsp3) is 0.258. The van der Waals surface area contributed by atoms with Gasteiger partial charge in [0.25, 0.3) is 5.91 Å². The molecule has 7 heteroatoms. The smallest absolute Gasteiger partial charge is 0.266 e. The van der Waals surface area contributed by atoms with E-state index in [9.17, 15) is 15.3 Å². The molecule has 1 aliphatic carbocycles. The first kappa shape index (κ1) is 26.7. The van der Waals surface area contributed by atoms with Crippen LogP contribution in [0.1, 0.15) is 51.1 Å². The van der Waals surface area contributed by atoms with E-state index in [1.165, 1.54) is 23.0 Å². The zero-order valence-corrected chi connectivity index (χ0v) is 22.4. The minimum Gasteiger partial charge on any atom is -0.493 e. The fourth-order valence-electron chi connectivity index (χ4n) is 4.49. The molecule has 1 aliphatic rings. The summed E-state index contributed by atoms with van der Waals surface area (Å²) in [6, 6.07) is 16.0. The summed E-state index contributed by atoms with van der Waals surface area (Å²) in [6.07, 6.45) is 7.67. The van der Waals surface area contributed by atoms with E-state index in [-0.39, 0.29) is 5.57 Å². The molecule has 4 rings (SSSR count). The highest BCUT2D eigenvalue weighted by Crippen LogP contribution is 2.38. The van der Waals surface area contributed by atoms with Gasteiger partial charge in [-0.2, -0.15) is 10.5 Å². The molecule has 192 valence electrons. The Balaban J connectivity index is 1.61. The van der Waals surface area contributed by atoms with Gasteiger partial charge in [-0.15, -0.1) is 17.9 Å². The molecule has 0 radical (unpaired) electrons. The standard InChI is InChI=1S/C31H29N3O3S/c1-4-7-23-14-22(16-27(36-3)29(23)37-19-21-12-10-20(2)11-13-21)15-24(17-32)30(35)34-31-26(18-33)25-8-5-6-9-28(25)38-31/h4,10-16H,1,5-9,19H2,2-3H3,(H,34,35)/b24-15+. The van der Waals surface area contributed by atoms with E-state index in [0.717, 1.165) is 47.3 Å². The van der Waals surface area contributed by atoms with Crippen LogP contribution >= 0.6 is 11.3 Å². The lowest BCUT2D eigenvalue weighted by molar-refractivity contribution is -0.112. The Morgan fingerprint density at radius 2 is 1.95 bits per heavy atom. The Hall–Kier alpha value is -4.33. The number of fused-ring (bicyclic) bond motifs is 1. The third-order valence-corrected chi connectivity index (χ3v) is 7.64. The first-order valence-corrected chi connectivity index (χ1v) is 13.3. The largest absolute Gasteiger partial charge is 0.493 e. The number of thiophene rings is 1. The zero-order chi connectivity index (χ0) is 27.1. The normalized spacial score (nSPS) is 12.6. The molecular formula is C31H29N3O3S. The highest BCUT2D eigenvalue weighted by Gasteiger charge is 2.23. The maximum Gasteiger partial charge on any atom is 0.266 e. The Kier molecular flexibility index (Phi) is 8.63. The molecule has 0 spiro atoms. The summed E-state index contributed by atoms with van der Waals surface area (Å²) >= 11 is 1.43. The number of hydrogen-bond acceptors (Lipinski definition) is 6. The Bertz CT molecular complexity index is 1470. The minimum atomic E-state index is -0.550. The van der Waals surface area contributed by atoms with Crippen LogP contribution in [0.5, 0.6) is 11.5 Å². The second-order valence-corrected chi connectivity index (χ2v) is 10.2. The second-order valence-electron chi connectivity index (χ2n) is 9.13. The number of carbonyl (C=O) groups excluding carboxylic acids is 1. The lowest BCUT2D eigenvalue weighted by atomic mass is 9.96. The number of anilines is 1. The van der Waals surface area contributed by atoms with E-state index >= 15 is 0 Å². The summed E-state index contributed by atoms with van der Waals surface area (Å²) in [7, 11) is 1.55. The average molecular weight is 524 g/mol. The summed E-state index contributed by atoms with van der Waals surface area (Å²) in [5, 5.41) is 22.8. The topological polar surface area (TPSA) is 95.1 Å². The van der Waals surface area contributed by atoms with Crippen LogP contribution in [0.4, 0.5) is 5.00 Å². The Morgan fingerprint density at radius 1 is 1.18 bits per heavy atom. The molecule has 0 bridgehead atoms. The Labute approximate surface area is 227 Å². The van der Waals surface area contributed by atoms with Gasteiger partial charge in [-0.25, -0.2) is 0 Å². The molecule has 1 aromatic heterocycles. The number of rotatable bonds is 9. The molecule has 1 amide bonds. The highest BCUT2D eigenvalue weighted by molar-refractivity contribution is 7.16. The van der Waals surface area contributed by atoms with Crippen molar-refractivity contribution in [2.45, 2.75) is 45.6 Å². The van der Waals surface area contributed by atoms with Crippen molar-refractivity contribution in [3.05, 3.63) is 92.9 Å². The maximum absolute atomic E-state index is 13.1. The zero-order valence-electron chi connectivity index (χ0n) is 21.6. The molecule has 0 saturated carbocycles. The van der Waals surface area contributed by atoms with Crippen molar-refractivity contribution >= 4 is 28.3 Å². The summed E-state index contributed by atoms with van der Waals surface area (Å²) in [5.41, 5.74) is 5.13. The molecule has 0 aliphatic heterocycles. The number of aryl methyl sites for hydroxylation is 2. The van der Waals surface area contributed by atoms with Crippen molar-refractivity contribution in [1.82, 2.24) is 0 Å². The van der Waals surface area contributed by atoms with Gasteiger partial charge in [-0.1, -0.05) is 35.9 Å². The first-order chi connectivity index (χ1) is 18.5. The van der Waals surface area contributed by atoms with Gasteiger partial charge >= 0.3 is 0 Å². The van der Waals surface area contributed by atoms with Crippen LogP contribution in [0.3, 0.4) is 0 Å². The van der Waals surface area contributed by atoms with Crippen LogP contribution < -0.4 is 14.8 Å². The van der Waals surface area contributed by atoms with Crippen molar-refractivity contribution in [3.63, 3.8) is 0 Å². The van der Waals surface area contributed by atoms with E-state index in [1.807, 2.05) is 43.3 Å². The molecule has 0 atom stereocenters. The number of allylic oxidation sites excluding steroid dienone is 1. The predicted octanol–water partition coefficient (Wildman–Crippen LogP) is 6.67. The molecular weight excluding hydrogens is 494 g/mol. The average Bonchev–Trinajstić information content (AvgIpc) is 3.28. The number of carbonyl (C=O) groups is 1. The van der Waals surface area contributed by atoms with Crippen LogP contribution in [0.25, 0.3) is 6.08 Å². The van der Waals surface area contributed by atoms with Crippen LogP contribution in [0.2, 0.25) is 0 Å². The highest BCUT2D eigenvalue weighted by atomic mass is 32.1. The number of ether oxygens (including phenoxy) is 2. The van der Waals surface area contributed by atoms with Gasteiger partial charge in [-0.3, -0.25) is 4.79 Å². The fourth-order valence-corrected chi connectivity index (χ4v) is 5.72. The van der Waals surface area contributed by atoms with Gasteiger partial charge in [-0.05, 0) is 73.9 Å². The summed E-state index contributed by atoms with van der Waals surface area (Å²) in [4.78, 5) is 14.2. The van der Waals surface area contributed by atoms with E-state index in [2.05, 4.69) is 18.0 Å². The van der Waals surface area contributed by atoms with Crippen molar-refractivity contribution in [2.24, 2.45) is 0 Å². The van der Waals surface area contributed by atoms with Gasteiger partial charge in [0.2, 0.25) is 0 Å². The summed E-state index contributed by atoms with van der Waals surface area (Å²) < 4.78 is 11.8. The molecule has 0 unspecified atom stereocenters. The molecule has 0 saturated heterocycles. The van der Waals surface area contributed by atoms with Crippen molar-refractivity contribution < 1.29 is 14.3 Å². The van der Waals surface area contributed by atoms with Crippen molar-refractivity contribution in [1.29, 1.82) is 10.5 Å². The molecule has 1 N–H and O–H groups in total. The van der Waals surface area contributed by atoms with E-state index in [0.29, 0.717) is 40.7 Å². The second kappa shape index (κ2) is 12.3. The first-order valence-electron chi connectivity index (χ1n) is 12.4. The molecule has 0 fully saturated rings. The third-order valence-electron chi connectivity index (χ3n) is 6.43. The minimum absolute atomic E-state index is 0.0693. The number of nitriles is 2. The predicted molar refractivity (Wildman–Crippen MR) is 150 cm³/mol. The van der Waals surface area contributed by atoms with Gasteiger partial charge in [0.05, 0.1) is 12.7 Å². The number of nitrogens with zero attached hydrogens (tertiary/aromatic N) is 2. The van der Waals surface area contributed by atoms with Crippen LogP contribution in [0.15, 0.2) is 54.6 Å². The monoisotopic (exact) mass is 523 g/mol. The van der Waals surface area contributed by atoms with Gasteiger partial charge in [0.1, 0.15) is 29.3 Å². The Morgan fingerprint density at radius 3 is 2.63 bits per heavy atom. The number of nitrogens with one attached hydrogen (secondary N) is 1. The van der Waals surface area contributed by atoms with E-state index < -0.39 is 5.91 Å². The molecule has 38 heavy (non-hydrogen) atoms. The quantitative estimate of drug-likeness (QED) is 0.192. The molecule has 6 nitrogen and oxygen atoms in total. The van der Waals surface area contributed by atoms with Crippen LogP contribution in [-0.4, -0.2) is 13.0 Å². The van der Waals surface area contributed by atoms with E-state index in [4.69, 9.17) is 9.47 Å². The molecule has 1 heterocycles. The van der Waals surface area contributed by atoms with E-state index in [1.54, 1.807) is 19.3 Å². The van der Waals surface area contributed by atoms with Gasteiger partial charge in [0.15, 0.2) is 11.5 Å². The summed E-state index contributed by atoms with van der Waals surface area (Å²) in [5.74, 6) is 0.542. The van der Waals surface area contributed by atoms with Crippen molar-refractivity contribution in [2.75, 3.05) is 12.4 Å². The van der Waals surface area contributed by atoms with Crippen LogP contribution in [-0.2, 0) is 30.7 Å². The maximum atomic E-state index is 13.1.